The molecular weight excluding hydrogens is 260 g/mol. The molecule has 0 bridgehead atoms. The number of sulfonamides is 1. The topological polar surface area (TPSA) is 49.4 Å². The van der Waals surface area contributed by atoms with Gasteiger partial charge in [-0.1, -0.05) is 0 Å². The van der Waals surface area contributed by atoms with Gasteiger partial charge in [-0.05, 0) is 45.7 Å². The van der Waals surface area contributed by atoms with Crippen molar-refractivity contribution in [3.05, 3.63) is 0 Å². The maximum absolute atomic E-state index is 11.7. The minimum Gasteiger partial charge on any atom is -0.302 e. The van der Waals surface area contributed by atoms with E-state index in [9.17, 15) is 8.42 Å². The molecule has 0 saturated carbocycles. The number of nitrogens with zero attached hydrogens (tertiary/aromatic N) is 1. The third-order valence-electron chi connectivity index (χ3n) is 2.91. The van der Waals surface area contributed by atoms with Crippen LogP contribution in [0, 0.1) is 0 Å². The molecule has 1 atom stereocenters. The number of unbranched alkanes of at least 4 members (excludes halogenated alkanes) is 1. The highest BCUT2D eigenvalue weighted by atomic mass is 35.5. The molecule has 1 fully saturated rings. The van der Waals surface area contributed by atoms with Crippen LogP contribution >= 0.6 is 11.6 Å². The van der Waals surface area contributed by atoms with E-state index in [1.807, 2.05) is 6.92 Å². The van der Waals surface area contributed by atoms with Crippen LogP contribution in [-0.4, -0.2) is 50.6 Å². The van der Waals surface area contributed by atoms with Crippen molar-refractivity contribution >= 4 is 21.6 Å². The molecule has 1 aliphatic rings. The number of hydrogen-bond acceptors (Lipinski definition) is 3. The molecule has 1 saturated heterocycles. The molecular formula is C11H23ClN2O2S. The predicted molar refractivity (Wildman–Crippen MR) is 72.0 cm³/mol. The average Bonchev–Trinajstić information content (AvgIpc) is 2.69. The van der Waals surface area contributed by atoms with Crippen molar-refractivity contribution < 1.29 is 8.42 Å². The smallest absolute Gasteiger partial charge is 0.211 e. The van der Waals surface area contributed by atoms with E-state index in [1.54, 1.807) is 0 Å². The first-order valence-electron chi connectivity index (χ1n) is 6.32. The zero-order valence-corrected chi connectivity index (χ0v) is 12.1. The summed E-state index contributed by atoms with van der Waals surface area (Å²) < 4.78 is 26.2. The minimum atomic E-state index is -3.13. The lowest BCUT2D eigenvalue weighted by Crippen LogP contribution is -2.41. The largest absolute Gasteiger partial charge is 0.302 e. The van der Waals surface area contributed by atoms with Gasteiger partial charge in [0.15, 0.2) is 0 Å². The fraction of sp³-hybridized carbons (Fsp3) is 1.00. The molecule has 1 unspecified atom stereocenters. The summed E-state index contributed by atoms with van der Waals surface area (Å²) in [7, 11) is -3.13. The number of likely N-dealkylation sites (tertiary alicyclic amines) is 1. The van der Waals surface area contributed by atoms with Crippen LogP contribution in [0.25, 0.3) is 0 Å². The van der Waals surface area contributed by atoms with Gasteiger partial charge in [0, 0.05) is 18.5 Å². The van der Waals surface area contributed by atoms with Crippen molar-refractivity contribution in [3.63, 3.8) is 0 Å². The molecule has 0 aromatic heterocycles. The van der Waals surface area contributed by atoms with Crippen molar-refractivity contribution in [2.45, 2.75) is 38.6 Å². The number of hydrogen-bond donors (Lipinski definition) is 1. The van der Waals surface area contributed by atoms with Gasteiger partial charge in [0.1, 0.15) is 0 Å². The van der Waals surface area contributed by atoms with E-state index in [-0.39, 0.29) is 11.8 Å². The van der Waals surface area contributed by atoms with Gasteiger partial charge in [-0.3, -0.25) is 0 Å². The molecule has 0 spiro atoms. The van der Waals surface area contributed by atoms with Crippen LogP contribution in [0.4, 0.5) is 0 Å². The maximum atomic E-state index is 11.7. The van der Waals surface area contributed by atoms with Crippen molar-refractivity contribution in [1.29, 1.82) is 0 Å². The third kappa shape index (κ3) is 6.60. The van der Waals surface area contributed by atoms with Crippen LogP contribution in [0.2, 0.25) is 0 Å². The fourth-order valence-corrected chi connectivity index (χ4v) is 3.72. The second kappa shape index (κ2) is 7.56. The summed E-state index contributed by atoms with van der Waals surface area (Å²) >= 11 is 5.53. The van der Waals surface area contributed by atoms with Gasteiger partial charge in [0.2, 0.25) is 10.0 Å². The Balaban J connectivity index is 2.25. The SMILES string of the molecule is CC(CN1CCCC1)NS(=O)(=O)CCCCCl. The molecule has 0 aliphatic carbocycles. The summed E-state index contributed by atoms with van der Waals surface area (Å²) in [5, 5.41) is 0. The number of rotatable bonds is 8. The summed E-state index contributed by atoms with van der Waals surface area (Å²) in [5.41, 5.74) is 0. The molecule has 1 heterocycles. The highest BCUT2D eigenvalue weighted by molar-refractivity contribution is 7.89. The van der Waals surface area contributed by atoms with Crippen molar-refractivity contribution in [1.82, 2.24) is 9.62 Å². The first-order valence-corrected chi connectivity index (χ1v) is 8.50. The number of halogens is 1. The van der Waals surface area contributed by atoms with Gasteiger partial charge in [0.05, 0.1) is 5.75 Å². The lowest BCUT2D eigenvalue weighted by molar-refractivity contribution is 0.312. The Morgan fingerprint density at radius 2 is 1.94 bits per heavy atom. The van der Waals surface area contributed by atoms with E-state index in [0.717, 1.165) is 26.1 Å². The van der Waals surface area contributed by atoms with Gasteiger partial charge >= 0.3 is 0 Å². The molecule has 4 nitrogen and oxygen atoms in total. The van der Waals surface area contributed by atoms with Crippen LogP contribution in [0.1, 0.15) is 32.6 Å². The van der Waals surface area contributed by atoms with Crippen LogP contribution in [-0.2, 0) is 10.0 Å². The molecule has 0 aromatic carbocycles. The standard InChI is InChI=1S/C11H23ClN2O2S/c1-11(10-14-7-3-4-8-14)13-17(15,16)9-5-2-6-12/h11,13H,2-10H2,1H3. The summed E-state index contributed by atoms with van der Waals surface area (Å²) in [6.07, 6.45) is 3.85. The van der Waals surface area contributed by atoms with Crippen molar-refractivity contribution in [3.8, 4) is 0 Å². The molecule has 0 amide bonds. The van der Waals surface area contributed by atoms with Gasteiger partial charge < -0.3 is 4.90 Å². The normalized spacial score (nSPS) is 19.6. The molecule has 0 radical (unpaired) electrons. The first kappa shape index (κ1) is 15.2. The van der Waals surface area contributed by atoms with E-state index in [1.165, 1.54) is 12.8 Å². The summed E-state index contributed by atoms with van der Waals surface area (Å²) in [6.45, 7) is 4.93. The van der Waals surface area contributed by atoms with Crippen LogP contribution in [0.5, 0.6) is 0 Å². The van der Waals surface area contributed by atoms with E-state index in [4.69, 9.17) is 11.6 Å². The van der Waals surface area contributed by atoms with Crippen molar-refractivity contribution in [2.75, 3.05) is 31.3 Å². The van der Waals surface area contributed by atoms with E-state index >= 15 is 0 Å². The summed E-state index contributed by atoms with van der Waals surface area (Å²) in [6, 6.07) is -0.00546. The second-order valence-corrected chi connectivity index (χ2v) is 6.99. The van der Waals surface area contributed by atoms with Crippen LogP contribution in [0.3, 0.4) is 0 Å². The monoisotopic (exact) mass is 282 g/mol. The highest BCUT2D eigenvalue weighted by Crippen LogP contribution is 2.08. The molecule has 102 valence electrons. The maximum Gasteiger partial charge on any atom is 0.211 e. The molecule has 6 heteroatoms. The Kier molecular flexibility index (Phi) is 6.77. The van der Waals surface area contributed by atoms with Gasteiger partial charge in [-0.15, -0.1) is 11.6 Å². The third-order valence-corrected chi connectivity index (χ3v) is 4.76. The first-order chi connectivity index (χ1) is 8.03. The molecule has 1 aliphatic heterocycles. The van der Waals surface area contributed by atoms with E-state index < -0.39 is 10.0 Å². The van der Waals surface area contributed by atoms with Gasteiger partial charge in [0.25, 0.3) is 0 Å². The lowest BCUT2D eigenvalue weighted by atomic mass is 10.3. The van der Waals surface area contributed by atoms with Gasteiger partial charge in [-0.2, -0.15) is 0 Å². The summed E-state index contributed by atoms with van der Waals surface area (Å²) in [5.74, 6) is 0.711. The fourth-order valence-electron chi connectivity index (χ4n) is 2.14. The van der Waals surface area contributed by atoms with Gasteiger partial charge in [-0.25, -0.2) is 13.1 Å². The number of alkyl halides is 1. The lowest BCUT2D eigenvalue weighted by Gasteiger charge is -2.21. The molecule has 1 N–H and O–H groups in total. The van der Waals surface area contributed by atoms with E-state index in [2.05, 4.69) is 9.62 Å². The molecule has 0 aromatic rings. The highest BCUT2D eigenvalue weighted by Gasteiger charge is 2.18. The number of nitrogens with one attached hydrogen (secondary N) is 1. The quantitative estimate of drug-likeness (QED) is 0.541. The average molecular weight is 283 g/mol. The molecule has 17 heavy (non-hydrogen) atoms. The Hall–Kier alpha value is 0.160. The minimum absolute atomic E-state index is 0.00546. The second-order valence-electron chi connectivity index (χ2n) is 4.74. The van der Waals surface area contributed by atoms with Crippen molar-refractivity contribution in [2.24, 2.45) is 0 Å². The molecule has 1 rings (SSSR count). The van der Waals surface area contributed by atoms with E-state index in [0.29, 0.717) is 12.3 Å². The Labute approximate surface area is 110 Å². The zero-order chi connectivity index (χ0) is 12.7. The predicted octanol–water partition coefficient (Wildman–Crippen LogP) is 1.41. The summed E-state index contributed by atoms with van der Waals surface area (Å²) in [4.78, 5) is 2.31. The Bertz CT molecular complexity index is 303. The van der Waals surface area contributed by atoms with Crippen LogP contribution in [0.15, 0.2) is 0 Å². The van der Waals surface area contributed by atoms with Crippen LogP contribution < -0.4 is 4.72 Å². The Morgan fingerprint density at radius 1 is 1.29 bits per heavy atom. The Morgan fingerprint density at radius 3 is 2.53 bits per heavy atom. The zero-order valence-electron chi connectivity index (χ0n) is 10.5.